The van der Waals surface area contributed by atoms with E-state index in [0.717, 1.165) is 24.6 Å². The van der Waals surface area contributed by atoms with Crippen molar-refractivity contribution in [1.29, 1.82) is 0 Å². The number of aromatic amines is 1. The smallest absolute Gasteiger partial charge is 0.261 e. The number of benzene rings is 5. The minimum Gasteiger partial charge on any atom is -0.369 e. The summed E-state index contributed by atoms with van der Waals surface area (Å²) in [7, 11) is 0. The maximum Gasteiger partial charge on any atom is 0.261 e. The summed E-state index contributed by atoms with van der Waals surface area (Å²) < 4.78 is 1.25. The van der Waals surface area contributed by atoms with Gasteiger partial charge in [0.1, 0.15) is 0 Å². The molecule has 0 saturated heterocycles. The van der Waals surface area contributed by atoms with E-state index in [4.69, 9.17) is 57.7 Å². The van der Waals surface area contributed by atoms with Crippen LogP contribution in [0.4, 0.5) is 5.95 Å². The number of H-pyrrole nitrogens is 1. The number of anilines is 1. The number of unbranched alkanes of at least 4 members (excludes halogenated alkanes) is 3. The average Bonchev–Trinajstić information content (AvgIpc) is 2.94. The number of rotatable bonds is 7. The van der Waals surface area contributed by atoms with Gasteiger partial charge in [0.25, 0.3) is 11.1 Å². The highest BCUT2D eigenvalue weighted by molar-refractivity contribution is 6.55. The third-order valence-corrected chi connectivity index (χ3v) is 9.20. The molecular formula is C29H19Cl4N7O2. The lowest BCUT2D eigenvalue weighted by Gasteiger charge is -2.21. The van der Waals surface area contributed by atoms with Gasteiger partial charge in [0, 0.05) is 71.1 Å². The molecule has 0 amide bonds. The molecule has 210 valence electrons. The SMILES string of the molecule is [N-]=[N+]=NCCCCCCn1c(=O)c2cc(Cl)c3c4c(Cl)cc5nc(N)[nH]c6cc(Cl)c(c7c(Cl)cc(c1=O)c2c37)c4c56. The van der Waals surface area contributed by atoms with Crippen molar-refractivity contribution in [3.63, 3.8) is 0 Å². The van der Waals surface area contributed by atoms with Crippen molar-refractivity contribution < 1.29 is 0 Å². The number of fused-ring (bicyclic) bond motifs is 2. The van der Waals surface area contributed by atoms with Crippen molar-refractivity contribution in [3.05, 3.63) is 75.5 Å². The summed E-state index contributed by atoms with van der Waals surface area (Å²) in [6.07, 6.45) is 2.93. The first-order valence-corrected chi connectivity index (χ1v) is 14.7. The third-order valence-electron chi connectivity index (χ3n) is 8.00. The van der Waals surface area contributed by atoms with E-state index < -0.39 is 11.1 Å². The number of nitrogens with one attached hydrogen (secondary N) is 1. The van der Waals surface area contributed by atoms with Gasteiger partial charge in [0.05, 0.1) is 31.9 Å². The third kappa shape index (κ3) is 3.78. The summed E-state index contributed by atoms with van der Waals surface area (Å²) in [5.41, 5.74) is 14.8. The van der Waals surface area contributed by atoms with E-state index in [1.165, 1.54) is 4.57 Å². The zero-order valence-electron chi connectivity index (χ0n) is 21.7. The van der Waals surface area contributed by atoms with Gasteiger partial charge in [-0.25, -0.2) is 4.98 Å². The minimum atomic E-state index is -0.425. The van der Waals surface area contributed by atoms with Crippen molar-refractivity contribution in [1.82, 2.24) is 14.5 Å². The lowest BCUT2D eigenvalue weighted by atomic mass is 9.87. The molecule has 0 radical (unpaired) electrons. The van der Waals surface area contributed by atoms with Gasteiger partial charge < -0.3 is 10.7 Å². The molecule has 0 atom stereocenters. The van der Waals surface area contributed by atoms with Gasteiger partial charge >= 0.3 is 0 Å². The molecule has 0 aliphatic carbocycles. The number of azide groups is 1. The Morgan fingerprint density at radius 3 is 1.93 bits per heavy atom. The van der Waals surface area contributed by atoms with E-state index in [-0.39, 0.29) is 12.5 Å². The van der Waals surface area contributed by atoms with Crippen LogP contribution in [0.1, 0.15) is 25.7 Å². The molecule has 0 bridgehead atoms. The Hall–Kier alpha value is -3.72. The average molecular weight is 639 g/mol. The second kappa shape index (κ2) is 9.93. The summed E-state index contributed by atoms with van der Waals surface area (Å²) >= 11 is 27.8. The second-order valence-electron chi connectivity index (χ2n) is 10.3. The molecule has 9 nitrogen and oxygen atoms in total. The maximum absolute atomic E-state index is 13.8. The van der Waals surface area contributed by atoms with Crippen molar-refractivity contribution in [3.8, 4) is 0 Å². The molecule has 0 aliphatic rings. The number of nitrogens with zero attached hydrogens (tertiary/aromatic N) is 5. The van der Waals surface area contributed by atoms with Gasteiger partial charge in [-0.1, -0.05) is 64.4 Å². The highest BCUT2D eigenvalue weighted by Crippen LogP contribution is 2.52. The molecule has 0 fully saturated rings. The van der Waals surface area contributed by atoms with Crippen molar-refractivity contribution >= 4 is 117 Å². The van der Waals surface area contributed by atoms with Crippen LogP contribution < -0.4 is 16.9 Å². The summed E-state index contributed by atoms with van der Waals surface area (Å²) in [5.74, 6) is 0.207. The summed E-state index contributed by atoms with van der Waals surface area (Å²) in [6, 6.07) is 6.69. The monoisotopic (exact) mass is 637 g/mol. The predicted octanol–water partition coefficient (Wildman–Crippen LogP) is 8.79. The van der Waals surface area contributed by atoms with Crippen LogP contribution in [0.15, 0.2) is 39.0 Å². The molecule has 0 spiro atoms. The number of nitrogens with two attached hydrogens (primary N) is 1. The first-order valence-electron chi connectivity index (χ1n) is 13.2. The quantitative estimate of drug-likeness (QED) is 0.0449. The number of nitrogen functional groups attached to an aromatic ring is 1. The number of aromatic nitrogens is 3. The lowest BCUT2D eigenvalue weighted by molar-refractivity contribution is 0.558. The van der Waals surface area contributed by atoms with Gasteiger partial charge in [0.2, 0.25) is 0 Å². The van der Waals surface area contributed by atoms with Crippen LogP contribution in [-0.4, -0.2) is 21.1 Å². The number of halogens is 4. The Morgan fingerprint density at radius 1 is 0.762 bits per heavy atom. The Morgan fingerprint density at radius 2 is 1.31 bits per heavy atom. The normalized spacial score (nSPS) is 12.2. The van der Waals surface area contributed by atoms with Crippen molar-refractivity contribution in [2.45, 2.75) is 32.2 Å². The van der Waals surface area contributed by atoms with Crippen LogP contribution in [0.5, 0.6) is 0 Å². The Balaban J connectivity index is 1.57. The Labute approximate surface area is 256 Å². The molecule has 7 aromatic rings. The highest BCUT2D eigenvalue weighted by Gasteiger charge is 2.27. The molecule has 0 aliphatic heterocycles. The standard InChI is InChI=1S/C29H19Cl4N7O2/c30-13-7-11-19-12(28(42)40(27(11)41)6-4-2-1-3-5-36-39-35)8-14(31)21-23-16(33)10-18-24-17(37-29(34)38-18)9-15(32)22(26(23)24)20(13)25(19)21/h7-10H,1-6H2,(H3,34,37,38). The molecule has 3 N–H and O–H groups in total. The van der Waals surface area contributed by atoms with E-state index in [2.05, 4.69) is 20.0 Å². The number of hydrogen-bond acceptors (Lipinski definition) is 5. The van der Waals surface area contributed by atoms with E-state index in [0.29, 0.717) is 92.6 Å². The fourth-order valence-electron chi connectivity index (χ4n) is 6.35. The van der Waals surface area contributed by atoms with Gasteiger partial charge in [-0.2, -0.15) is 0 Å². The molecule has 5 aromatic carbocycles. The predicted molar refractivity (Wildman–Crippen MR) is 173 cm³/mol. The summed E-state index contributed by atoms with van der Waals surface area (Å²) in [6.45, 7) is 0.654. The zero-order chi connectivity index (χ0) is 29.4. The summed E-state index contributed by atoms with van der Waals surface area (Å²) in [4.78, 5) is 37.9. The van der Waals surface area contributed by atoms with E-state index in [9.17, 15) is 9.59 Å². The van der Waals surface area contributed by atoms with Gasteiger partial charge in [-0.05, 0) is 42.6 Å². The molecule has 13 heteroatoms. The molecule has 0 unspecified atom stereocenters. The van der Waals surface area contributed by atoms with Crippen LogP contribution >= 0.6 is 46.4 Å². The first-order chi connectivity index (χ1) is 20.2. The zero-order valence-corrected chi connectivity index (χ0v) is 24.7. The first kappa shape index (κ1) is 27.1. The topological polar surface area (TPSA) is 143 Å². The van der Waals surface area contributed by atoms with Crippen LogP contribution in [0.25, 0.3) is 75.3 Å². The van der Waals surface area contributed by atoms with Gasteiger partial charge in [-0.3, -0.25) is 14.2 Å². The number of pyridine rings is 1. The van der Waals surface area contributed by atoms with Crippen LogP contribution in [0.3, 0.4) is 0 Å². The van der Waals surface area contributed by atoms with Crippen molar-refractivity contribution in [2.24, 2.45) is 5.11 Å². The van der Waals surface area contributed by atoms with Crippen LogP contribution in [-0.2, 0) is 6.54 Å². The molecule has 2 heterocycles. The van der Waals surface area contributed by atoms with Crippen LogP contribution in [0.2, 0.25) is 20.1 Å². The van der Waals surface area contributed by atoms with E-state index in [1.807, 2.05) is 0 Å². The lowest BCUT2D eigenvalue weighted by Crippen LogP contribution is -2.33. The fraction of sp³-hybridized carbons (Fsp3) is 0.207. The van der Waals surface area contributed by atoms with E-state index in [1.54, 1.807) is 24.3 Å². The van der Waals surface area contributed by atoms with Crippen LogP contribution in [0, 0.1) is 0 Å². The largest absolute Gasteiger partial charge is 0.369 e. The molecule has 42 heavy (non-hydrogen) atoms. The molecule has 2 aromatic heterocycles. The van der Waals surface area contributed by atoms with E-state index >= 15 is 0 Å². The minimum absolute atomic E-state index is 0.207. The molecule has 0 saturated carbocycles. The van der Waals surface area contributed by atoms with Crippen molar-refractivity contribution in [2.75, 3.05) is 12.3 Å². The molecule has 7 rings (SSSR count). The number of hydrogen-bond donors (Lipinski definition) is 2. The maximum atomic E-state index is 13.8. The van der Waals surface area contributed by atoms with Gasteiger partial charge in [0.15, 0.2) is 5.95 Å². The highest BCUT2D eigenvalue weighted by atomic mass is 35.5. The molecular weight excluding hydrogens is 620 g/mol. The van der Waals surface area contributed by atoms with Gasteiger partial charge in [-0.15, -0.1) is 0 Å². The Kier molecular flexibility index (Phi) is 6.42. The fourth-order valence-corrected chi connectivity index (χ4v) is 7.54. The summed E-state index contributed by atoms with van der Waals surface area (Å²) in [5, 5.41) is 10.4. The Bertz CT molecular complexity index is 2290. The second-order valence-corrected chi connectivity index (χ2v) is 12.0.